The van der Waals surface area contributed by atoms with Gasteiger partial charge >= 0.3 is 0 Å². The molecule has 0 aliphatic heterocycles. The number of nitrogens with one attached hydrogen (secondary N) is 1. The molecule has 1 saturated carbocycles. The van der Waals surface area contributed by atoms with Crippen molar-refractivity contribution in [1.82, 2.24) is 10.3 Å². The van der Waals surface area contributed by atoms with Crippen LogP contribution in [0.15, 0.2) is 24.4 Å². The van der Waals surface area contributed by atoms with Gasteiger partial charge in [0.1, 0.15) is 0 Å². The third kappa shape index (κ3) is 2.81. The predicted molar refractivity (Wildman–Crippen MR) is 57.9 cm³/mol. The molecule has 0 atom stereocenters. The molecule has 1 heterocycles. The second-order valence-electron chi connectivity index (χ2n) is 4.08. The summed E-state index contributed by atoms with van der Waals surface area (Å²) in [5.74, 6) is 1.01. The van der Waals surface area contributed by atoms with Gasteiger partial charge in [0, 0.05) is 12.7 Å². The highest BCUT2D eigenvalue weighted by molar-refractivity contribution is 5.02. The Labute approximate surface area is 85.7 Å². The van der Waals surface area contributed by atoms with Crippen LogP contribution in [0, 0.1) is 5.92 Å². The SMILES string of the molecule is c1ccc(CNCCC2CCC2)nc1. The van der Waals surface area contributed by atoms with Gasteiger partial charge in [0.05, 0.1) is 5.69 Å². The van der Waals surface area contributed by atoms with Crippen molar-refractivity contribution in [3.05, 3.63) is 30.1 Å². The van der Waals surface area contributed by atoms with Crippen LogP contribution in [0.1, 0.15) is 31.4 Å². The molecule has 0 unspecified atom stereocenters. The van der Waals surface area contributed by atoms with Gasteiger partial charge in [-0.15, -0.1) is 0 Å². The minimum Gasteiger partial charge on any atom is -0.311 e. The summed E-state index contributed by atoms with van der Waals surface area (Å²) >= 11 is 0. The van der Waals surface area contributed by atoms with Crippen LogP contribution in [0.2, 0.25) is 0 Å². The van der Waals surface area contributed by atoms with Gasteiger partial charge in [0.2, 0.25) is 0 Å². The lowest BCUT2D eigenvalue weighted by molar-refractivity contribution is 0.292. The van der Waals surface area contributed by atoms with Crippen molar-refractivity contribution in [2.45, 2.75) is 32.2 Å². The Morgan fingerprint density at radius 2 is 2.29 bits per heavy atom. The number of hydrogen-bond donors (Lipinski definition) is 1. The lowest BCUT2D eigenvalue weighted by Crippen LogP contribution is -2.21. The molecule has 2 heteroatoms. The second kappa shape index (κ2) is 5.11. The number of hydrogen-bond acceptors (Lipinski definition) is 2. The molecule has 0 saturated heterocycles. The zero-order valence-electron chi connectivity index (χ0n) is 8.58. The van der Waals surface area contributed by atoms with E-state index in [2.05, 4.69) is 16.4 Å². The number of aromatic nitrogens is 1. The zero-order chi connectivity index (χ0) is 9.64. The van der Waals surface area contributed by atoms with Gasteiger partial charge in [-0.3, -0.25) is 4.98 Å². The van der Waals surface area contributed by atoms with Gasteiger partial charge in [-0.2, -0.15) is 0 Å². The Hall–Kier alpha value is -0.890. The molecule has 0 spiro atoms. The molecule has 14 heavy (non-hydrogen) atoms. The van der Waals surface area contributed by atoms with Crippen molar-refractivity contribution < 1.29 is 0 Å². The molecular formula is C12H18N2. The van der Waals surface area contributed by atoms with Crippen LogP contribution >= 0.6 is 0 Å². The van der Waals surface area contributed by atoms with E-state index in [-0.39, 0.29) is 0 Å². The van der Waals surface area contributed by atoms with Gasteiger partial charge in [-0.05, 0) is 31.0 Å². The van der Waals surface area contributed by atoms with Crippen LogP contribution in [0.4, 0.5) is 0 Å². The second-order valence-corrected chi connectivity index (χ2v) is 4.08. The van der Waals surface area contributed by atoms with Crippen LogP contribution < -0.4 is 5.32 Å². The van der Waals surface area contributed by atoms with E-state index in [0.29, 0.717) is 0 Å². The molecule has 0 radical (unpaired) electrons. The Morgan fingerprint density at radius 1 is 1.36 bits per heavy atom. The topological polar surface area (TPSA) is 24.9 Å². The average molecular weight is 190 g/mol. The molecule has 1 aliphatic rings. The van der Waals surface area contributed by atoms with Crippen molar-refractivity contribution in [3.63, 3.8) is 0 Å². The molecule has 1 aromatic rings. The van der Waals surface area contributed by atoms with Gasteiger partial charge in [0.25, 0.3) is 0 Å². The Bertz CT molecular complexity index is 254. The van der Waals surface area contributed by atoms with E-state index >= 15 is 0 Å². The normalized spacial score (nSPS) is 16.6. The lowest BCUT2D eigenvalue weighted by atomic mass is 9.83. The molecule has 1 aliphatic carbocycles. The van der Waals surface area contributed by atoms with Crippen LogP contribution in [-0.4, -0.2) is 11.5 Å². The number of rotatable bonds is 5. The van der Waals surface area contributed by atoms with Crippen molar-refractivity contribution in [2.75, 3.05) is 6.54 Å². The van der Waals surface area contributed by atoms with Gasteiger partial charge in [0.15, 0.2) is 0 Å². The van der Waals surface area contributed by atoms with Crippen molar-refractivity contribution in [2.24, 2.45) is 5.92 Å². The molecule has 2 nitrogen and oxygen atoms in total. The first-order valence-electron chi connectivity index (χ1n) is 5.56. The average Bonchev–Trinajstić information content (AvgIpc) is 2.16. The first-order valence-corrected chi connectivity index (χ1v) is 5.56. The Kier molecular flexibility index (Phi) is 3.52. The summed E-state index contributed by atoms with van der Waals surface area (Å²) in [6, 6.07) is 6.06. The Morgan fingerprint density at radius 3 is 2.93 bits per heavy atom. The first kappa shape index (κ1) is 9.66. The van der Waals surface area contributed by atoms with Crippen molar-refractivity contribution in [3.8, 4) is 0 Å². The summed E-state index contributed by atoms with van der Waals surface area (Å²) in [6.45, 7) is 2.05. The van der Waals surface area contributed by atoms with Gasteiger partial charge in [-0.25, -0.2) is 0 Å². The highest BCUT2D eigenvalue weighted by Gasteiger charge is 2.15. The van der Waals surface area contributed by atoms with Gasteiger partial charge in [-0.1, -0.05) is 25.3 Å². The Balaban J connectivity index is 1.58. The van der Waals surface area contributed by atoms with Gasteiger partial charge < -0.3 is 5.32 Å². The maximum absolute atomic E-state index is 4.27. The molecule has 0 amide bonds. The van der Waals surface area contributed by atoms with Crippen LogP contribution in [0.25, 0.3) is 0 Å². The third-order valence-corrected chi connectivity index (χ3v) is 2.99. The van der Waals surface area contributed by atoms with E-state index in [0.717, 1.165) is 24.7 Å². The molecular weight excluding hydrogens is 172 g/mol. The minimum atomic E-state index is 0.910. The predicted octanol–water partition coefficient (Wildman–Crippen LogP) is 2.36. The standard InChI is InChI=1S/C12H18N2/c1-2-8-14-12(6-1)10-13-9-7-11-4-3-5-11/h1-2,6,8,11,13H,3-5,7,9-10H2. The zero-order valence-corrected chi connectivity index (χ0v) is 8.58. The maximum atomic E-state index is 4.27. The molecule has 2 rings (SSSR count). The molecule has 0 aromatic carbocycles. The van der Waals surface area contributed by atoms with Crippen molar-refractivity contribution >= 4 is 0 Å². The van der Waals surface area contributed by atoms with E-state index in [4.69, 9.17) is 0 Å². The monoisotopic (exact) mass is 190 g/mol. The van der Waals surface area contributed by atoms with E-state index in [1.54, 1.807) is 0 Å². The quantitative estimate of drug-likeness (QED) is 0.721. The molecule has 1 fully saturated rings. The summed E-state index contributed by atoms with van der Waals surface area (Å²) in [5.41, 5.74) is 1.14. The highest BCUT2D eigenvalue weighted by atomic mass is 14.9. The van der Waals surface area contributed by atoms with Crippen LogP contribution in [0.5, 0.6) is 0 Å². The molecule has 76 valence electrons. The van der Waals surface area contributed by atoms with E-state index < -0.39 is 0 Å². The lowest BCUT2D eigenvalue weighted by Gasteiger charge is -2.25. The molecule has 1 N–H and O–H groups in total. The highest BCUT2D eigenvalue weighted by Crippen LogP contribution is 2.28. The summed E-state index contributed by atoms with van der Waals surface area (Å²) < 4.78 is 0. The van der Waals surface area contributed by atoms with E-state index in [1.165, 1.54) is 25.7 Å². The van der Waals surface area contributed by atoms with E-state index in [9.17, 15) is 0 Å². The smallest absolute Gasteiger partial charge is 0.0541 e. The fourth-order valence-electron chi connectivity index (χ4n) is 1.81. The minimum absolute atomic E-state index is 0.910. The fourth-order valence-corrected chi connectivity index (χ4v) is 1.81. The van der Waals surface area contributed by atoms with Crippen molar-refractivity contribution in [1.29, 1.82) is 0 Å². The third-order valence-electron chi connectivity index (χ3n) is 2.99. The number of nitrogens with zero attached hydrogens (tertiary/aromatic N) is 1. The van der Waals surface area contributed by atoms with Crippen LogP contribution in [0.3, 0.4) is 0 Å². The number of pyridine rings is 1. The molecule has 0 bridgehead atoms. The summed E-state index contributed by atoms with van der Waals surface area (Å²) in [6.07, 6.45) is 7.54. The first-order chi connectivity index (χ1) is 6.95. The summed E-state index contributed by atoms with van der Waals surface area (Å²) in [5, 5.41) is 3.44. The van der Waals surface area contributed by atoms with Crippen LogP contribution in [-0.2, 0) is 6.54 Å². The largest absolute Gasteiger partial charge is 0.311 e. The fraction of sp³-hybridized carbons (Fsp3) is 0.583. The summed E-state index contributed by atoms with van der Waals surface area (Å²) in [7, 11) is 0. The van der Waals surface area contributed by atoms with E-state index in [1.807, 2.05) is 18.3 Å². The summed E-state index contributed by atoms with van der Waals surface area (Å²) in [4.78, 5) is 4.27. The maximum Gasteiger partial charge on any atom is 0.0541 e. The molecule has 1 aromatic heterocycles.